The van der Waals surface area contributed by atoms with E-state index in [9.17, 15) is 0 Å². The molecule has 0 saturated heterocycles. The van der Waals surface area contributed by atoms with Crippen molar-refractivity contribution >= 4 is 108 Å². The van der Waals surface area contributed by atoms with Gasteiger partial charge < -0.3 is 0 Å². The zero-order valence-corrected chi connectivity index (χ0v) is 29.8. The van der Waals surface area contributed by atoms with Crippen LogP contribution in [0, 0.1) is 13.8 Å². The fourth-order valence-corrected chi connectivity index (χ4v) is 11.7. The Balaban J connectivity index is 1.22. The molecule has 0 heteroatoms. The minimum Gasteiger partial charge on any atom is -0.0616 e. The second-order valence-corrected chi connectivity index (χ2v) is 15.6. The quantitative estimate of drug-likeness (QED) is 0.128. The number of hydrogen-bond acceptors (Lipinski definition) is 0. The van der Waals surface area contributed by atoms with Gasteiger partial charge in [-0.1, -0.05) is 123 Å². The highest BCUT2D eigenvalue weighted by atomic mass is 14.3. The molecule has 0 fully saturated rings. The molecule has 52 heavy (non-hydrogen) atoms. The Bertz CT molecular complexity index is 3370. The maximum absolute atomic E-state index is 2.48. The summed E-state index contributed by atoms with van der Waals surface area (Å²) in [7, 11) is 0. The van der Waals surface area contributed by atoms with E-state index in [1.54, 1.807) is 0 Å². The van der Waals surface area contributed by atoms with Crippen molar-refractivity contribution in [3.8, 4) is 22.3 Å². The minimum atomic E-state index is 1.01. The maximum Gasteiger partial charge on any atom is -0.00137 e. The third-order valence-electron chi connectivity index (χ3n) is 13.6. The Morgan fingerprint density at radius 2 is 0.673 bits per heavy atom. The monoisotopic (exact) mass is 658 g/mol. The maximum atomic E-state index is 2.48. The summed E-state index contributed by atoms with van der Waals surface area (Å²) in [6.07, 6.45) is 2.01. The van der Waals surface area contributed by atoms with Gasteiger partial charge in [-0.15, -0.1) is 0 Å². The zero-order chi connectivity index (χ0) is 34.3. The summed E-state index contributed by atoms with van der Waals surface area (Å²) >= 11 is 0. The molecule has 0 N–H and O–H groups in total. The molecule has 12 aromatic carbocycles. The summed E-state index contributed by atoms with van der Waals surface area (Å²) in [6.45, 7) is 9.39. The van der Waals surface area contributed by atoms with Gasteiger partial charge in [0.05, 0.1) is 0 Å². The van der Waals surface area contributed by atoms with E-state index in [4.69, 9.17) is 0 Å². The molecule has 0 unspecified atom stereocenters. The number of rotatable bonds is 2. The molecule has 0 heterocycles. The van der Waals surface area contributed by atoms with E-state index in [0.29, 0.717) is 0 Å². The van der Waals surface area contributed by atoms with Crippen molar-refractivity contribution in [2.45, 2.75) is 40.5 Å². The first-order chi connectivity index (χ1) is 25.6. The number of hydrogen-bond donors (Lipinski definition) is 0. The smallest absolute Gasteiger partial charge is 0.00137 e. The standard InChI is InChI=1S/C52H34/c1-5-28-45-36-15-9-11-27-12-10-16-37(44(27)36)46(45)29(6-2)48-41-24-20-35-33-18-22-39-43-26(4)31-14-8-7-13-30(31)25(3)42(43)38-21-17-32(49(33)51(38)39)34-19-23-40(47(28)48)52(41)50(34)35/h7-24H,5-6H2,1-4H3. The Hall–Kier alpha value is -5.98. The average molecular weight is 659 g/mol. The fourth-order valence-electron chi connectivity index (χ4n) is 11.7. The van der Waals surface area contributed by atoms with E-state index in [0.717, 1.165) is 12.8 Å². The molecule has 0 amide bonds. The summed E-state index contributed by atoms with van der Waals surface area (Å²) in [5.74, 6) is 0. The molecule has 0 bridgehead atoms. The van der Waals surface area contributed by atoms with Crippen LogP contribution in [0.1, 0.15) is 36.1 Å². The molecule has 0 saturated carbocycles. The van der Waals surface area contributed by atoms with Gasteiger partial charge in [0.15, 0.2) is 0 Å². The zero-order valence-electron chi connectivity index (χ0n) is 29.8. The number of benzene rings is 10. The van der Waals surface area contributed by atoms with Crippen molar-refractivity contribution in [3.05, 3.63) is 131 Å². The van der Waals surface area contributed by atoms with Gasteiger partial charge >= 0.3 is 0 Å². The van der Waals surface area contributed by atoms with E-state index >= 15 is 0 Å². The van der Waals surface area contributed by atoms with Crippen LogP contribution < -0.4 is 0 Å². The van der Waals surface area contributed by atoms with E-state index in [-0.39, 0.29) is 0 Å². The fraction of sp³-hybridized carbons (Fsp3) is 0.115. The second kappa shape index (κ2) is 9.08. The normalized spacial score (nSPS) is 13.2. The van der Waals surface area contributed by atoms with Gasteiger partial charge in [-0.3, -0.25) is 0 Å². The SMILES string of the molecule is CCc1c2c3cccc4cccc(c2c(CC)c2c5ccc6c7ccc8c9c(ccc(c%10ccc(c12)c5c%106)c97)-c1c-8c(C)c2ccccc2c1C)c43. The van der Waals surface area contributed by atoms with E-state index in [1.165, 1.54) is 152 Å². The predicted molar refractivity (Wildman–Crippen MR) is 228 cm³/mol. The van der Waals surface area contributed by atoms with E-state index in [1.807, 2.05) is 0 Å². The van der Waals surface area contributed by atoms with Gasteiger partial charge in [0.25, 0.3) is 0 Å². The molecule has 13 rings (SSSR count). The largest absolute Gasteiger partial charge is 0.0616 e. The highest BCUT2D eigenvalue weighted by Crippen LogP contribution is 2.57. The lowest BCUT2D eigenvalue weighted by Crippen LogP contribution is -1.91. The average Bonchev–Trinajstić information content (AvgIpc) is 3.83. The Morgan fingerprint density at radius 3 is 1.13 bits per heavy atom. The predicted octanol–water partition coefficient (Wildman–Crippen LogP) is 14.9. The Kier molecular flexibility index (Phi) is 4.84. The van der Waals surface area contributed by atoms with Crippen LogP contribution in [-0.2, 0) is 12.8 Å². The van der Waals surface area contributed by atoms with Gasteiger partial charge in [-0.05, 0) is 179 Å². The Morgan fingerprint density at radius 1 is 0.308 bits per heavy atom. The van der Waals surface area contributed by atoms with Gasteiger partial charge in [-0.2, -0.15) is 0 Å². The van der Waals surface area contributed by atoms with Gasteiger partial charge in [0, 0.05) is 0 Å². The molecular formula is C52H34. The summed E-state index contributed by atoms with van der Waals surface area (Å²) in [5.41, 5.74) is 11.4. The number of fused-ring (bicyclic) bond motifs is 12. The van der Waals surface area contributed by atoms with Crippen molar-refractivity contribution in [1.29, 1.82) is 0 Å². The van der Waals surface area contributed by atoms with Gasteiger partial charge in [0.1, 0.15) is 0 Å². The molecule has 0 spiro atoms. The first-order valence-electron chi connectivity index (χ1n) is 19.1. The third-order valence-corrected chi connectivity index (χ3v) is 13.6. The van der Waals surface area contributed by atoms with Crippen LogP contribution in [0.5, 0.6) is 0 Å². The van der Waals surface area contributed by atoms with Gasteiger partial charge in [-0.25, -0.2) is 0 Å². The minimum absolute atomic E-state index is 1.01. The summed E-state index contributed by atoms with van der Waals surface area (Å²) < 4.78 is 0. The van der Waals surface area contributed by atoms with Crippen LogP contribution in [0.15, 0.2) is 109 Å². The molecule has 1 aliphatic rings. The van der Waals surface area contributed by atoms with Crippen molar-refractivity contribution < 1.29 is 0 Å². The van der Waals surface area contributed by atoms with Crippen LogP contribution in [-0.4, -0.2) is 0 Å². The van der Waals surface area contributed by atoms with Crippen molar-refractivity contribution in [1.82, 2.24) is 0 Å². The lowest BCUT2D eigenvalue weighted by molar-refractivity contribution is 1.16. The van der Waals surface area contributed by atoms with Crippen molar-refractivity contribution in [3.63, 3.8) is 0 Å². The lowest BCUT2D eigenvalue weighted by Gasteiger charge is -2.16. The molecule has 0 aromatic heterocycles. The third kappa shape index (κ3) is 2.85. The molecule has 0 radical (unpaired) electrons. The highest BCUT2D eigenvalue weighted by molar-refractivity contribution is 6.46. The van der Waals surface area contributed by atoms with Crippen molar-refractivity contribution in [2.75, 3.05) is 0 Å². The highest BCUT2D eigenvalue weighted by Gasteiger charge is 2.30. The van der Waals surface area contributed by atoms with Crippen LogP contribution >= 0.6 is 0 Å². The second-order valence-electron chi connectivity index (χ2n) is 15.6. The van der Waals surface area contributed by atoms with E-state index in [2.05, 4.69) is 137 Å². The van der Waals surface area contributed by atoms with E-state index < -0.39 is 0 Å². The molecule has 1 aliphatic carbocycles. The first-order valence-corrected chi connectivity index (χ1v) is 19.1. The van der Waals surface area contributed by atoms with Crippen molar-refractivity contribution in [2.24, 2.45) is 0 Å². The van der Waals surface area contributed by atoms with Crippen LogP contribution in [0.3, 0.4) is 0 Å². The van der Waals surface area contributed by atoms with Gasteiger partial charge in [0.2, 0.25) is 0 Å². The summed E-state index contributed by atoms with van der Waals surface area (Å²) in [4.78, 5) is 0. The first kappa shape index (κ1) is 27.7. The van der Waals surface area contributed by atoms with Crippen LogP contribution in [0.4, 0.5) is 0 Å². The Labute approximate surface area is 300 Å². The lowest BCUT2D eigenvalue weighted by atomic mass is 9.87. The molecule has 0 atom stereocenters. The molecule has 12 aromatic rings. The molecular weight excluding hydrogens is 625 g/mol. The summed E-state index contributed by atoms with van der Waals surface area (Å²) in [6, 6.07) is 42.4. The molecule has 0 aliphatic heterocycles. The molecule has 0 nitrogen and oxygen atoms in total. The molecule has 242 valence electrons. The van der Waals surface area contributed by atoms with Crippen LogP contribution in [0.25, 0.3) is 130 Å². The topological polar surface area (TPSA) is 0 Å². The summed E-state index contributed by atoms with van der Waals surface area (Å²) in [5, 5.41) is 28.4. The number of aryl methyl sites for hydroxylation is 4. The van der Waals surface area contributed by atoms with Crippen LogP contribution in [0.2, 0.25) is 0 Å².